The van der Waals surface area contributed by atoms with Crippen LogP contribution >= 0.6 is 27.5 Å². The molecule has 3 rings (SSSR count). The molecule has 1 aliphatic rings. The van der Waals surface area contributed by atoms with Crippen molar-refractivity contribution in [1.82, 2.24) is 9.88 Å². The molecule has 1 aromatic carbocycles. The van der Waals surface area contributed by atoms with Crippen LogP contribution in [0.1, 0.15) is 5.56 Å². The van der Waals surface area contributed by atoms with E-state index in [4.69, 9.17) is 11.6 Å². The van der Waals surface area contributed by atoms with Gasteiger partial charge in [-0.3, -0.25) is 9.69 Å². The van der Waals surface area contributed by atoms with E-state index in [-0.39, 0.29) is 12.5 Å². The van der Waals surface area contributed by atoms with Gasteiger partial charge in [-0.05, 0) is 30.3 Å². The largest absolute Gasteiger partial charge is 0.417 e. The number of hydrogen-bond donors (Lipinski definition) is 1. The van der Waals surface area contributed by atoms with Crippen molar-refractivity contribution in [2.45, 2.75) is 6.18 Å². The predicted molar refractivity (Wildman–Crippen MR) is 106 cm³/mol. The molecule has 0 saturated carbocycles. The van der Waals surface area contributed by atoms with E-state index in [0.29, 0.717) is 42.7 Å². The average Bonchev–Trinajstić information content (AvgIpc) is 2.64. The highest BCUT2D eigenvalue weighted by Gasteiger charge is 2.31. The second-order valence-electron chi connectivity index (χ2n) is 6.34. The molecule has 28 heavy (non-hydrogen) atoms. The van der Waals surface area contributed by atoms with Crippen molar-refractivity contribution in [2.24, 2.45) is 0 Å². The van der Waals surface area contributed by atoms with Crippen LogP contribution in [0.15, 0.2) is 41.0 Å². The topological polar surface area (TPSA) is 48.5 Å². The van der Waals surface area contributed by atoms with Crippen LogP contribution in [0.5, 0.6) is 0 Å². The number of alkyl halides is 3. The number of halogens is 5. The van der Waals surface area contributed by atoms with Crippen molar-refractivity contribution in [2.75, 3.05) is 42.9 Å². The Morgan fingerprint density at radius 1 is 1.18 bits per heavy atom. The van der Waals surface area contributed by atoms with E-state index in [2.05, 4.69) is 26.2 Å². The van der Waals surface area contributed by atoms with Gasteiger partial charge in [-0.25, -0.2) is 4.98 Å². The quantitative estimate of drug-likeness (QED) is 0.714. The van der Waals surface area contributed by atoms with Crippen molar-refractivity contribution in [3.05, 3.63) is 51.6 Å². The van der Waals surface area contributed by atoms with E-state index < -0.39 is 11.7 Å². The van der Waals surface area contributed by atoms with Crippen molar-refractivity contribution in [1.29, 1.82) is 0 Å². The summed E-state index contributed by atoms with van der Waals surface area (Å²) in [6.07, 6.45) is -3.55. The Kier molecular flexibility index (Phi) is 6.47. The summed E-state index contributed by atoms with van der Waals surface area (Å²) >= 11 is 9.41. The first-order valence-corrected chi connectivity index (χ1v) is 9.65. The van der Waals surface area contributed by atoms with Crippen molar-refractivity contribution >= 4 is 44.9 Å². The predicted octanol–water partition coefficient (Wildman–Crippen LogP) is 4.28. The number of piperazine rings is 1. The number of amides is 1. The first kappa shape index (κ1) is 20.9. The number of anilines is 2. The van der Waals surface area contributed by atoms with Crippen LogP contribution in [0, 0.1) is 0 Å². The van der Waals surface area contributed by atoms with Crippen molar-refractivity contribution in [3.8, 4) is 0 Å². The molecule has 1 aromatic heterocycles. The van der Waals surface area contributed by atoms with Crippen LogP contribution in [-0.4, -0.2) is 48.5 Å². The van der Waals surface area contributed by atoms with E-state index in [1.54, 1.807) is 18.2 Å². The Bertz CT molecular complexity index is 840. The number of nitrogens with one attached hydrogen (secondary N) is 1. The lowest BCUT2D eigenvalue weighted by Gasteiger charge is -2.35. The Balaban J connectivity index is 1.50. The Labute approximate surface area is 173 Å². The van der Waals surface area contributed by atoms with Gasteiger partial charge in [-0.1, -0.05) is 27.5 Å². The third-order valence-electron chi connectivity index (χ3n) is 4.34. The molecule has 0 unspecified atom stereocenters. The fourth-order valence-electron chi connectivity index (χ4n) is 2.86. The van der Waals surface area contributed by atoms with Gasteiger partial charge < -0.3 is 10.2 Å². The molecule has 2 aromatic rings. The maximum atomic E-state index is 12.6. The molecule has 1 N–H and O–H groups in total. The molecule has 0 atom stereocenters. The van der Waals surface area contributed by atoms with Gasteiger partial charge in [0.15, 0.2) is 0 Å². The van der Waals surface area contributed by atoms with E-state index in [0.717, 1.165) is 16.7 Å². The second-order valence-corrected chi connectivity index (χ2v) is 7.66. The first-order valence-electron chi connectivity index (χ1n) is 8.48. The number of benzene rings is 1. The molecular weight excluding hydrogens is 461 g/mol. The van der Waals surface area contributed by atoms with E-state index >= 15 is 0 Å². The normalized spacial score (nSPS) is 15.5. The minimum absolute atomic E-state index is 0.176. The summed E-state index contributed by atoms with van der Waals surface area (Å²) in [5, 5.41) is 3.23. The Morgan fingerprint density at radius 3 is 2.46 bits per heavy atom. The molecule has 10 heteroatoms. The number of hydrogen-bond acceptors (Lipinski definition) is 4. The van der Waals surface area contributed by atoms with E-state index in [9.17, 15) is 18.0 Å². The summed E-state index contributed by atoms with van der Waals surface area (Å²) in [6.45, 7) is 2.56. The molecule has 1 fully saturated rings. The summed E-state index contributed by atoms with van der Waals surface area (Å²) in [5.74, 6) is 0.323. The van der Waals surface area contributed by atoms with Gasteiger partial charge in [0, 0.05) is 36.8 Å². The van der Waals surface area contributed by atoms with Gasteiger partial charge in [0.05, 0.1) is 22.8 Å². The van der Waals surface area contributed by atoms with Crippen LogP contribution in [-0.2, 0) is 11.0 Å². The van der Waals surface area contributed by atoms with Gasteiger partial charge >= 0.3 is 6.18 Å². The highest BCUT2D eigenvalue weighted by molar-refractivity contribution is 9.10. The zero-order chi connectivity index (χ0) is 20.3. The fraction of sp³-hybridized carbons (Fsp3) is 0.333. The van der Waals surface area contributed by atoms with Crippen LogP contribution in [0.3, 0.4) is 0 Å². The summed E-state index contributed by atoms with van der Waals surface area (Å²) in [4.78, 5) is 20.0. The lowest BCUT2D eigenvalue weighted by Crippen LogP contribution is -2.49. The van der Waals surface area contributed by atoms with Gasteiger partial charge in [0.25, 0.3) is 0 Å². The lowest BCUT2D eigenvalue weighted by atomic mass is 10.2. The molecule has 150 valence electrons. The van der Waals surface area contributed by atoms with Gasteiger partial charge in [0.1, 0.15) is 5.82 Å². The highest BCUT2D eigenvalue weighted by Crippen LogP contribution is 2.29. The molecule has 0 radical (unpaired) electrons. The summed E-state index contributed by atoms with van der Waals surface area (Å²) in [5.41, 5.74) is -0.222. The number of carbonyl (C=O) groups is 1. The van der Waals surface area contributed by atoms with Crippen LogP contribution in [0.25, 0.3) is 0 Å². The number of aromatic nitrogens is 1. The Hall–Kier alpha value is -1.84. The van der Waals surface area contributed by atoms with E-state index in [1.165, 1.54) is 6.07 Å². The summed E-state index contributed by atoms with van der Waals surface area (Å²) in [6, 6.07) is 7.62. The van der Waals surface area contributed by atoms with Crippen LogP contribution in [0.2, 0.25) is 5.02 Å². The minimum Gasteiger partial charge on any atom is -0.354 e. The number of carbonyl (C=O) groups excluding carboxylic acids is 1. The second kappa shape index (κ2) is 8.67. The van der Waals surface area contributed by atoms with Crippen LogP contribution in [0.4, 0.5) is 24.7 Å². The van der Waals surface area contributed by atoms with Gasteiger partial charge in [-0.2, -0.15) is 13.2 Å². The summed E-state index contributed by atoms with van der Waals surface area (Å²) < 4.78 is 38.7. The first-order chi connectivity index (χ1) is 13.2. The maximum Gasteiger partial charge on any atom is 0.417 e. The Morgan fingerprint density at radius 2 is 1.89 bits per heavy atom. The molecule has 1 amide bonds. The zero-order valence-corrected chi connectivity index (χ0v) is 17.0. The summed E-state index contributed by atoms with van der Waals surface area (Å²) in [7, 11) is 0. The third-order valence-corrected chi connectivity index (χ3v) is 5.15. The van der Waals surface area contributed by atoms with Crippen molar-refractivity contribution in [3.63, 3.8) is 0 Å². The monoisotopic (exact) mass is 476 g/mol. The zero-order valence-electron chi connectivity index (χ0n) is 14.6. The number of pyridine rings is 1. The number of nitrogens with zero attached hydrogens (tertiary/aromatic N) is 3. The highest BCUT2D eigenvalue weighted by atomic mass is 79.9. The standard InChI is InChI=1S/C18H17BrClF3N4O/c19-13-2-3-15(14(20)9-13)25-17(28)11-26-5-7-27(8-6-26)16-4-1-12(10-24-16)18(21,22)23/h1-4,9-10H,5-8,11H2,(H,25,28). The number of rotatable bonds is 4. The molecule has 5 nitrogen and oxygen atoms in total. The minimum atomic E-state index is -4.39. The van der Waals surface area contributed by atoms with Gasteiger partial charge in [-0.15, -0.1) is 0 Å². The smallest absolute Gasteiger partial charge is 0.354 e. The van der Waals surface area contributed by atoms with Gasteiger partial charge in [0.2, 0.25) is 5.91 Å². The molecule has 1 saturated heterocycles. The lowest BCUT2D eigenvalue weighted by molar-refractivity contribution is -0.137. The van der Waals surface area contributed by atoms with Crippen LogP contribution < -0.4 is 10.2 Å². The molecule has 0 spiro atoms. The average molecular weight is 478 g/mol. The molecule has 1 aliphatic heterocycles. The maximum absolute atomic E-state index is 12.6. The SMILES string of the molecule is O=C(CN1CCN(c2ccc(C(F)(F)F)cn2)CC1)Nc1ccc(Br)cc1Cl. The van der Waals surface area contributed by atoms with Crippen molar-refractivity contribution < 1.29 is 18.0 Å². The molecular formula is C18H17BrClF3N4O. The fourth-order valence-corrected chi connectivity index (χ4v) is 3.58. The molecule has 0 bridgehead atoms. The molecule has 0 aliphatic carbocycles. The molecule has 2 heterocycles. The van der Waals surface area contributed by atoms with E-state index in [1.807, 2.05) is 9.80 Å². The third kappa shape index (κ3) is 5.36.